The third kappa shape index (κ3) is 4.02. The number of benzene rings is 2. The summed E-state index contributed by atoms with van der Waals surface area (Å²) < 4.78 is 11.0. The zero-order valence-corrected chi connectivity index (χ0v) is 18.7. The van der Waals surface area contributed by atoms with Crippen molar-refractivity contribution in [3.05, 3.63) is 48.0 Å². The van der Waals surface area contributed by atoms with Crippen LogP contribution in [0.5, 0.6) is 11.5 Å². The molecule has 3 aromatic rings. The Kier molecular flexibility index (Phi) is 6.08. The third-order valence-corrected chi connectivity index (χ3v) is 6.41. The minimum Gasteiger partial charge on any atom is -0.497 e. The van der Waals surface area contributed by atoms with Gasteiger partial charge in [0.2, 0.25) is 11.8 Å². The number of aromatic nitrogens is 1. The lowest BCUT2D eigenvalue weighted by molar-refractivity contribution is -0.130. The molecule has 4 rings (SSSR count). The molecule has 1 fully saturated rings. The van der Waals surface area contributed by atoms with E-state index in [2.05, 4.69) is 11.1 Å². The molecule has 1 saturated heterocycles. The van der Waals surface area contributed by atoms with Crippen LogP contribution in [0.4, 0.5) is 0 Å². The molecule has 7 nitrogen and oxygen atoms in total. The normalized spacial score (nSPS) is 18.2. The summed E-state index contributed by atoms with van der Waals surface area (Å²) >= 11 is 0. The number of primary amides is 1. The predicted molar refractivity (Wildman–Crippen MR) is 124 cm³/mol. The Morgan fingerprint density at radius 1 is 1.12 bits per heavy atom. The first-order chi connectivity index (χ1) is 15.4. The van der Waals surface area contributed by atoms with Crippen LogP contribution in [0.2, 0.25) is 0 Å². The molecular weight excluding hydrogens is 406 g/mol. The van der Waals surface area contributed by atoms with Gasteiger partial charge in [0.25, 0.3) is 0 Å². The molecule has 1 aliphatic rings. The fourth-order valence-electron chi connectivity index (χ4n) is 4.63. The van der Waals surface area contributed by atoms with Gasteiger partial charge < -0.3 is 25.1 Å². The van der Waals surface area contributed by atoms with E-state index in [1.165, 1.54) is 0 Å². The van der Waals surface area contributed by atoms with Crippen molar-refractivity contribution in [2.45, 2.75) is 19.8 Å². The average Bonchev–Trinajstić information content (AvgIpc) is 3.37. The van der Waals surface area contributed by atoms with Crippen LogP contribution in [-0.2, 0) is 16.0 Å². The van der Waals surface area contributed by atoms with Crippen molar-refractivity contribution < 1.29 is 19.1 Å². The number of nitrogens with zero attached hydrogens (tertiary/aromatic N) is 1. The van der Waals surface area contributed by atoms with Gasteiger partial charge >= 0.3 is 0 Å². The van der Waals surface area contributed by atoms with Gasteiger partial charge in [-0.1, -0.05) is 25.1 Å². The number of aryl methyl sites for hydroxylation is 1. The number of amides is 2. The number of nitrogens with two attached hydrogens (primary N) is 1. The van der Waals surface area contributed by atoms with Crippen molar-refractivity contribution in [1.29, 1.82) is 0 Å². The smallest absolute Gasteiger partial charge is 0.222 e. The van der Waals surface area contributed by atoms with Crippen LogP contribution >= 0.6 is 0 Å². The standard InChI is InChI=1S/C25H29N3O4/c1-15-13-28(14-20(15)25(26)30)23(29)11-10-18-17-6-4-5-7-21(17)27-24(18)19-9-8-16(31-2)12-22(19)32-3/h4-9,12,15,20,27H,10-11,13-14H2,1-3H3,(H2,26,30)/t15-,20-/m1/s1. The number of para-hydroxylation sites is 1. The van der Waals surface area contributed by atoms with Gasteiger partial charge in [0.15, 0.2) is 0 Å². The quantitative estimate of drug-likeness (QED) is 0.595. The molecule has 32 heavy (non-hydrogen) atoms. The Morgan fingerprint density at radius 2 is 1.91 bits per heavy atom. The van der Waals surface area contributed by atoms with Gasteiger partial charge in [-0.25, -0.2) is 0 Å². The Hall–Kier alpha value is -3.48. The van der Waals surface area contributed by atoms with E-state index in [9.17, 15) is 9.59 Å². The van der Waals surface area contributed by atoms with E-state index in [1.54, 1.807) is 19.1 Å². The van der Waals surface area contributed by atoms with Gasteiger partial charge in [-0.2, -0.15) is 0 Å². The summed E-state index contributed by atoms with van der Waals surface area (Å²) in [6.07, 6.45) is 0.922. The number of likely N-dealkylation sites (tertiary alicyclic amines) is 1. The number of carbonyl (C=O) groups is 2. The maximum absolute atomic E-state index is 13.0. The molecule has 1 aromatic heterocycles. The maximum atomic E-state index is 13.0. The van der Waals surface area contributed by atoms with Crippen LogP contribution in [-0.4, -0.2) is 49.0 Å². The van der Waals surface area contributed by atoms with Gasteiger partial charge in [-0.15, -0.1) is 0 Å². The number of methoxy groups -OCH3 is 2. The summed E-state index contributed by atoms with van der Waals surface area (Å²) in [5.74, 6) is 0.929. The van der Waals surface area contributed by atoms with Gasteiger partial charge in [0, 0.05) is 42.0 Å². The molecule has 7 heteroatoms. The first-order valence-electron chi connectivity index (χ1n) is 10.8. The topological polar surface area (TPSA) is 97.7 Å². The number of ether oxygens (including phenoxy) is 2. The molecule has 1 aliphatic heterocycles. The second-order valence-corrected chi connectivity index (χ2v) is 8.38. The second-order valence-electron chi connectivity index (χ2n) is 8.38. The van der Waals surface area contributed by atoms with Crippen LogP contribution in [0, 0.1) is 11.8 Å². The summed E-state index contributed by atoms with van der Waals surface area (Å²) in [5, 5.41) is 1.08. The van der Waals surface area contributed by atoms with E-state index >= 15 is 0 Å². The van der Waals surface area contributed by atoms with Crippen molar-refractivity contribution in [3.63, 3.8) is 0 Å². The molecule has 2 atom stereocenters. The van der Waals surface area contributed by atoms with Crippen LogP contribution in [0.25, 0.3) is 22.2 Å². The monoisotopic (exact) mass is 435 g/mol. The number of carbonyl (C=O) groups excluding carboxylic acids is 2. The molecule has 0 unspecified atom stereocenters. The molecule has 168 valence electrons. The number of H-pyrrole nitrogens is 1. The van der Waals surface area contributed by atoms with Gasteiger partial charge in [-0.3, -0.25) is 9.59 Å². The Bertz CT molecular complexity index is 1150. The van der Waals surface area contributed by atoms with E-state index in [0.29, 0.717) is 37.4 Å². The van der Waals surface area contributed by atoms with Crippen LogP contribution in [0.1, 0.15) is 18.9 Å². The molecule has 2 amide bonds. The van der Waals surface area contributed by atoms with Crippen LogP contribution in [0.3, 0.4) is 0 Å². The molecular formula is C25H29N3O4. The summed E-state index contributed by atoms with van der Waals surface area (Å²) in [6.45, 7) is 2.94. The van der Waals surface area contributed by atoms with Crippen molar-refractivity contribution in [2.75, 3.05) is 27.3 Å². The third-order valence-electron chi connectivity index (χ3n) is 6.41. The molecule has 0 saturated carbocycles. The van der Waals surface area contributed by atoms with E-state index in [4.69, 9.17) is 15.2 Å². The highest BCUT2D eigenvalue weighted by Crippen LogP contribution is 2.38. The lowest BCUT2D eigenvalue weighted by atomic mass is 9.98. The molecule has 3 N–H and O–H groups in total. The lowest BCUT2D eigenvalue weighted by Crippen LogP contribution is -2.32. The SMILES string of the molecule is COc1ccc(-c2[nH]c3ccccc3c2CCC(=O)N2C[C@@H](C)[C@H](C(N)=O)C2)c(OC)c1. The highest BCUT2D eigenvalue weighted by molar-refractivity contribution is 5.92. The van der Waals surface area contributed by atoms with E-state index in [0.717, 1.165) is 27.7 Å². The molecule has 0 radical (unpaired) electrons. The zero-order valence-electron chi connectivity index (χ0n) is 18.7. The molecule has 2 heterocycles. The Morgan fingerprint density at radius 3 is 2.59 bits per heavy atom. The first kappa shape index (κ1) is 21.7. The van der Waals surface area contributed by atoms with Crippen molar-refractivity contribution in [3.8, 4) is 22.8 Å². The summed E-state index contributed by atoms with van der Waals surface area (Å²) in [6, 6.07) is 13.8. The van der Waals surface area contributed by atoms with Gasteiger partial charge in [0.05, 0.1) is 25.8 Å². The number of hydrogen-bond acceptors (Lipinski definition) is 4. The Balaban J connectivity index is 1.63. The maximum Gasteiger partial charge on any atom is 0.222 e. The fourth-order valence-corrected chi connectivity index (χ4v) is 4.63. The van der Waals surface area contributed by atoms with E-state index in [-0.39, 0.29) is 23.7 Å². The van der Waals surface area contributed by atoms with Gasteiger partial charge in [-0.05, 0) is 36.1 Å². The van der Waals surface area contributed by atoms with Crippen molar-refractivity contribution in [1.82, 2.24) is 9.88 Å². The number of nitrogens with one attached hydrogen (secondary N) is 1. The number of hydrogen-bond donors (Lipinski definition) is 2. The molecule has 0 bridgehead atoms. The minimum absolute atomic E-state index is 0.0403. The summed E-state index contributed by atoms with van der Waals surface area (Å²) in [4.78, 5) is 29.9. The lowest BCUT2D eigenvalue weighted by Gasteiger charge is -2.16. The molecule has 2 aromatic carbocycles. The average molecular weight is 436 g/mol. The molecule has 0 aliphatic carbocycles. The van der Waals surface area contributed by atoms with Crippen molar-refractivity contribution >= 4 is 22.7 Å². The van der Waals surface area contributed by atoms with Crippen LogP contribution < -0.4 is 15.2 Å². The highest BCUT2D eigenvalue weighted by atomic mass is 16.5. The second kappa shape index (κ2) is 8.94. The van der Waals surface area contributed by atoms with Crippen molar-refractivity contribution in [2.24, 2.45) is 17.6 Å². The summed E-state index contributed by atoms with van der Waals surface area (Å²) in [5.41, 5.74) is 9.41. The summed E-state index contributed by atoms with van der Waals surface area (Å²) in [7, 11) is 3.25. The predicted octanol–water partition coefficient (Wildman–Crippen LogP) is 3.36. The number of aromatic amines is 1. The number of fused-ring (bicyclic) bond motifs is 1. The highest BCUT2D eigenvalue weighted by Gasteiger charge is 2.35. The molecule has 0 spiro atoms. The number of rotatable bonds is 7. The zero-order chi connectivity index (χ0) is 22.8. The minimum atomic E-state index is -0.335. The largest absolute Gasteiger partial charge is 0.497 e. The van der Waals surface area contributed by atoms with Crippen LogP contribution in [0.15, 0.2) is 42.5 Å². The Labute approximate surface area is 187 Å². The fraction of sp³-hybridized carbons (Fsp3) is 0.360. The first-order valence-corrected chi connectivity index (χ1v) is 10.8. The van der Waals surface area contributed by atoms with Gasteiger partial charge in [0.1, 0.15) is 11.5 Å². The van der Waals surface area contributed by atoms with E-state index in [1.807, 2.05) is 43.3 Å². The van der Waals surface area contributed by atoms with E-state index < -0.39 is 0 Å².